The predicted octanol–water partition coefficient (Wildman–Crippen LogP) is 0.113. The van der Waals surface area contributed by atoms with E-state index in [4.69, 9.17) is 0 Å². The summed E-state index contributed by atoms with van der Waals surface area (Å²) in [5, 5.41) is 3.31. The molecule has 0 aromatic rings. The third kappa shape index (κ3) is 9.64. The van der Waals surface area contributed by atoms with Gasteiger partial charge in [-0.05, 0) is 0 Å². The van der Waals surface area contributed by atoms with E-state index < -0.39 is 0 Å². The minimum atomic E-state index is 0. The maximum Gasteiger partial charge on any atom is 4.00 e. The van der Waals surface area contributed by atoms with Gasteiger partial charge in [0.1, 0.15) is 0 Å². The maximum atomic E-state index is 3.36. The van der Waals surface area contributed by atoms with Crippen molar-refractivity contribution in [1.82, 2.24) is 0 Å². The van der Waals surface area contributed by atoms with Crippen molar-refractivity contribution in [3.05, 3.63) is 45.6 Å². The Hall–Kier alpha value is 0.966. The van der Waals surface area contributed by atoms with Crippen LogP contribution in [0.25, 0.3) is 0 Å². The zero-order valence-electron chi connectivity index (χ0n) is 17.1. The van der Waals surface area contributed by atoms with Crippen LogP contribution in [0.15, 0.2) is 33.4 Å². The molecule has 25 heavy (non-hydrogen) atoms. The van der Waals surface area contributed by atoms with Crippen LogP contribution >= 0.6 is 0 Å². The van der Waals surface area contributed by atoms with Crippen LogP contribution in [0.3, 0.4) is 0 Å². The summed E-state index contributed by atoms with van der Waals surface area (Å²) in [6.45, 7) is 17.3. The second-order valence-corrected chi connectivity index (χ2v) is 10.5. The molecule has 1 saturated heterocycles. The topological polar surface area (TPSA) is 0 Å². The van der Waals surface area contributed by atoms with E-state index in [1.54, 1.807) is 16.9 Å². The quantitative estimate of drug-likeness (QED) is 0.315. The fourth-order valence-electron chi connectivity index (χ4n) is 2.53. The summed E-state index contributed by atoms with van der Waals surface area (Å²) >= 11 is 0.493. The maximum absolute atomic E-state index is 3.36. The summed E-state index contributed by atoms with van der Waals surface area (Å²) < 4.78 is 0. The summed E-state index contributed by atoms with van der Waals surface area (Å²) in [7, 11) is 0. The molecule has 0 nitrogen and oxygen atoms in total. The molecule has 2 unspecified atom stereocenters. The molecule has 4 heteroatoms. The molecule has 2 atom stereocenters. The first-order chi connectivity index (χ1) is 10.3. The fourth-order valence-corrected chi connectivity index (χ4v) is 3.38. The summed E-state index contributed by atoms with van der Waals surface area (Å²) in [6, 6.07) is 0. The van der Waals surface area contributed by atoms with Gasteiger partial charge in [-0.15, -0.1) is 13.8 Å². The minimum Gasteiger partial charge on any atom is -1.00 e. The summed E-state index contributed by atoms with van der Waals surface area (Å²) in [5.41, 5.74) is 8.49. The zero-order chi connectivity index (χ0) is 16.9. The van der Waals surface area contributed by atoms with Crippen molar-refractivity contribution in [3.63, 3.8) is 0 Å². The van der Waals surface area contributed by atoms with Crippen molar-refractivity contribution in [3.8, 4) is 0 Å². The van der Waals surface area contributed by atoms with Gasteiger partial charge >= 0.3 is 58.6 Å². The van der Waals surface area contributed by atoms with Crippen molar-refractivity contribution >= 4 is 15.4 Å². The van der Waals surface area contributed by atoms with Crippen LogP contribution in [0, 0.1) is 24.0 Å². The first-order valence-corrected chi connectivity index (χ1v) is 12.1. The van der Waals surface area contributed by atoms with Crippen LogP contribution in [0.5, 0.6) is 0 Å². The van der Waals surface area contributed by atoms with Crippen molar-refractivity contribution in [1.29, 1.82) is 0 Å². The van der Waals surface area contributed by atoms with Gasteiger partial charge in [0, 0.05) is 0 Å². The van der Waals surface area contributed by atoms with Gasteiger partial charge in [0.05, 0.1) is 0 Å². The number of rotatable bonds is 0. The van der Waals surface area contributed by atoms with Gasteiger partial charge in [-0.3, -0.25) is 12.2 Å². The molecule has 0 N–H and O–H groups in total. The summed E-state index contributed by atoms with van der Waals surface area (Å²) in [4.78, 5) is 0. The molecule has 2 aliphatic carbocycles. The van der Waals surface area contributed by atoms with Crippen LogP contribution in [-0.4, -0.2) is 15.4 Å². The number of allylic oxidation sites excluding steroid dienone is 8. The predicted molar refractivity (Wildman–Crippen MR) is 101 cm³/mol. The van der Waals surface area contributed by atoms with Crippen LogP contribution in [0.2, 0.25) is 10.5 Å². The third-order valence-corrected chi connectivity index (χ3v) is 8.72. The molecule has 1 fully saturated rings. The van der Waals surface area contributed by atoms with Crippen molar-refractivity contribution < 1.29 is 51.0 Å². The Morgan fingerprint density at radius 1 is 0.720 bits per heavy atom. The van der Waals surface area contributed by atoms with Gasteiger partial charge in [0.25, 0.3) is 0 Å². The minimum absolute atomic E-state index is 0. The van der Waals surface area contributed by atoms with E-state index in [0.717, 1.165) is 0 Å². The Labute approximate surface area is 194 Å². The first-order valence-electron chi connectivity index (χ1n) is 8.63. The molecule has 0 amide bonds. The Balaban J connectivity index is -0.000000289. The van der Waals surface area contributed by atoms with Crippen molar-refractivity contribution in [2.24, 2.45) is 11.8 Å². The van der Waals surface area contributed by atoms with Gasteiger partial charge in [-0.2, -0.15) is 22.3 Å². The molecule has 0 aromatic heterocycles. The average Bonchev–Trinajstić information content (AvgIpc) is 2.74. The zero-order valence-corrected chi connectivity index (χ0v) is 23.5. The molecule has 0 spiro atoms. The smallest absolute Gasteiger partial charge is 1.00 e. The Morgan fingerprint density at radius 3 is 1.00 bits per heavy atom. The van der Waals surface area contributed by atoms with Crippen LogP contribution in [-0.2, 0) is 26.2 Å². The standard InChI is InChI=1S/2C9H13.C3H7Ge.2ClH.Zr/c2*1-6-5-7(2)9(4)8(6)3;1-2-4-3-1;;;/h2*6H,1-4H3;4H,1-3H2;2*1H;/q2*-1;;;;+4/p-2. The second-order valence-electron chi connectivity index (χ2n) is 6.82. The van der Waals surface area contributed by atoms with Crippen molar-refractivity contribution in [2.45, 2.75) is 72.3 Å². The SMILES string of the molecule is C1[CH2][GeH][CH2]1.CC1=[C-]C(C)C(C)=C1C.CC1=[C-]C(C)C(C)=C1C.[Cl-].[Cl-].[Zr+4]. The number of hydrogen-bond donors (Lipinski definition) is 0. The van der Waals surface area contributed by atoms with E-state index >= 15 is 0 Å². The van der Waals surface area contributed by atoms with Crippen molar-refractivity contribution in [2.75, 3.05) is 0 Å². The number of halogens is 2. The largest absolute Gasteiger partial charge is 4.00 e. The summed E-state index contributed by atoms with van der Waals surface area (Å²) in [5.74, 6) is 1.12. The molecule has 1 radical (unpaired) electrons. The van der Waals surface area contributed by atoms with Gasteiger partial charge in [0.2, 0.25) is 0 Å². The number of hydrogen-bond acceptors (Lipinski definition) is 0. The van der Waals surface area contributed by atoms with E-state index in [2.05, 4.69) is 67.5 Å². The molecule has 1 aliphatic heterocycles. The third-order valence-electron chi connectivity index (χ3n) is 5.29. The average molecular weight is 520 g/mol. The van der Waals surface area contributed by atoms with E-state index in [-0.39, 0.29) is 51.0 Å². The molecule has 3 aliphatic rings. The van der Waals surface area contributed by atoms with E-state index in [9.17, 15) is 0 Å². The fraction of sp³-hybridized carbons (Fsp3) is 0.619. The molecular formula is C21H33Cl2GeZr. The monoisotopic (exact) mass is 519 g/mol. The molecule has 0 bridgehead atoms. The van der Waals surface area contributed by atoms with Crippen LogP contribution in [0.1, 0.15) is 61.8 Å². The Kier molecular flexibility index (Phi) is 18.4. The Morgan fingerprint density at radius 2 is 0.960 bits per heavy atom. The summed E-state index contributed by atoms with van der Waals surface area (Å²) in [6.07, 6.45) is 8.29. The van der Waals surface area contributed by atoms with Gasteiger partial charge in [-0.25, -0.2) is 11.1 Å². The Bertz CT molecular complexity index is 478. The van der Waals surface area contributed by atoms with Crippen LogP contribution < -0.4 is 24.8 Å². The molecule has 3 rings (SSSR count). The molecule has 0 saturated carbocycles. The first kappa shape index (κ1) is 30.7. The van der Waals surface area contributed by atoms with Crippen LogP contribution in [0.4, 0.5) is 0 Å². The second kappa shape index (κ2) is 15.0. The normalized spacial score (nSPS) is 23.4. The van der Waals surface area contributed by atoms with Gasteiger partial charge < -0.3 is 24.8 Å². The molecule has 1 heterocycles. The molecule has 0 aromatic carbocycles. The molecular weight excluding hydrogens is 487 g/mol. The van der Waals surface area contributed by atoms with E-state index in [1.165, 1.54) is 33.4 Å². The van der Waals surface area contributed by atoms with Gasteiger partial charge in [-0.1, -0.05) is 53.4 Å². The molecule has 139 valence electrons. The van der Waals surface area contributed by atoms with E-state index in [1.807, 2.05) is 0 Å². The van der Waals surface area contributed by atoms with E-state index in [0.29, 0.717) is 27.3 Å². The van der Waals surface area contributed by atoms with Gasteiger partial charge in [0.15, 0.2) is 0 Å².